The first-order chi connectivity index (χ1) is 16.8. The van der Waals surface area contributed by atoms with Crippen LogP contribution < -0.4 is 4.90 Å². The molecule has 0 spiro atoms. The van der Waals surface area contributed by atoms with Crippen LogP contribution in [0.3, 0.4) is 0 Å². The predicted molar refractivity (Wildman–Crippen MR) is 142 cm³/mol. The van der Waals surface area contributed by atoms with E-state index in [0.717, 1.165) is 34.5 Å². The van der Waals surface area contributed by atoms with E-state index in [2.05, 4.69) is 0 Å². The number of carbonyl (C=O) groups excluding carboxylic acids is 1. The van der Waals surface area contributed by atoms with Gasteiger partial charge in [-0.25, -0.2) is 0 Å². The number of aliphatic hydroxyl groups is 1. The molecule has 3 aromatic carbocycles. The number of halogens is 1. The molecule has 2 aliphatic rings. The Morgan fingerprint density at radius 1 is 0.914 bits per heavy atom. The van der Waals surface area contributed by atoms with Crippen LogP contribution in [0.25, 0.3) is 5.76 Å². The molecular formula is C30H27ClN2O2. The van der Waals surface area contributed by atoms with Crippen molar-refractivity contribution in [2.24, 2.45) is 0 Å². The predicted octanol–water partition coefficient (Wildman–Crippen LogP) is 7.51. The van der Waals surface area contributed by atoms with Crippen molar-refractivity contribution >= 4 is 34.7 Å². The van der Waals surface area contributed by atoms with Crippen LogP contribution in [0.1, 0.15) is 47.4 Å². The number of nitrogens with one attached hydrogen (secondary N) is 1. The van der Waals surface area contributed by atoms with Crippen molar-refractivity contribution in [2.75, 3.05) is 4.90 Å². The summed E-state index contributed by atoms with van der Waals surface area (Å²) in [6, 6.07) is 22.9. The van der Waals surface area contributed by atoms with Gasteiger partial charge in [-0.1, -0.05) is 71.3 Å². The summed E-state index contributed by atoms with van der Waals surface area (Å²) >= 11 is 6.15. The summed E-state index contributed by atoms with van der Waals surface area (Å²) in [6.45, 7) is 4.01. The molecule has 0 bridgehead atoms. The zero-order chi connectivity index (χ0) is 24.7. The average molecular weight is 483 g/mol. The lowest BCUT2D eigenvalue weighted by molar-refractivity contribution is -0.116. The molecule has 1 aliphatic heterocycles. The summed E-state index contributed by atoms with van der Waals surface area (Å²) in [4.78, 5) is 15.3. The van der Waals surface area contributed by atoms with Crippen molar-refractivity contribution in [3.8, 4) is 0 Å². The second-order valence-corrected chi connectivity index (χ2v) is 9.71. The van der Waals surface area contributed by atoms with Crippen molar-refractivity contribution < 1.29 is 9.90 Å². The first kappa shape index (κ1) is 23.1. The Morgan fingerprint density at radius 2 is 1.51 bits per heavy atom. The number of ketones is 1. The van der Waals surface area contributed by atoms with Crippen LogP contribution >= 0.6 is 11.6 Å². The summed E-state index contributed by atoms with van der Waals surface area (Å²) < 4.78 is 0. The van der Waals surface area contributed by atoms with Crippen molar-refractivity contribution in [1.82, 2.24) is 0 Å². The number of rotatable bonds is 3. The zero-order valence-corrected chi connectivity index (χ0v) is 20.6. The third kappa shape index (κ3) is 4.19. The molecule has 0 radical (unpaired) electrons. The Kier molecular flexibility index (Phi) is 6.08. The minimum Gasteiger partial charge on any atom is -0.507 e. The van der Waals surface area contributed by atoms with Gasteiger partial charge >= 0.3 is 0 Å². The van der Waals surface area contributed by atoms with E-state index in [1.165, 1.54) is 0 Å². The van der Waals surface area contributed by atoms with E-state index < -0.39 is 5.92 Å². The topological polar surface area (TPSA) is 64.4 Å². The maximum atomic E-state index is 13.5. The number of amidine groups is 1. The zero-order valence-electron chi connectivity index (χ0n) is 19.8. The fraction of sp³-hybridized carbons (Fsp3) is 0.200. The van der Waals surface area contributed by atoms with Crippen LogP contribution in [0.2, 0.25) is 5.02 Å². The molecule has 1 heterocycles. The fourth-order valence-electron chi connectivity index (χ4n) is 5.03. The molecule has 1 aliphatic carbocycles. The number of benzene rings is 3. The normalized spacial score (nSPS) is 19.6. The molecule has 1 atom stereocenters. The number of anilines is 1. The third-order valence-electron chi connectivity index (χ3n) is 6.83. The quantitative estimate of drug-likeness (QED) is 0.379. The second kappa shape index (κ2) is 9.20. The summed E-state index contributed by atoms with van der Waals surface area (Å²) in [5.74, 6) is -0.262. The van der Waals surface area contributed by atoms with Gasteiger partial charge in [0, 0.05) is 45.5 Å². The summed E-state index contributed by atoms with van der Waals surface area (Å²) in [6.07, 6.45) is 1.88. The van der Waals surface area contributed by atoms with E-state index in [4.69, 9.17) is 11.6 Å². The van der Waals surface area contributed by atoms with Gasteiger partial charge in [0.2, 0.25) is 0 Å². The molecule has 2 N–H and O–H groups in total. The highest BCUT2D eigenvalue weighted by atomic mass is 35.5. The standard InChI is InChI=1S/C30H27ClN2O2/c1-18-6-10-20(11-7-18)26-27-24(4-3-5-25(27)34)33(23-16-14-22(31)15-17-23)30(32)28(26)29(35)21-12-8-19(2)9-13-21/h6-17,26,32,35H,3-5H2,1-2H3/b29-28+,32-30?/t26-/m1/s1. The number of aliphatic hydroxyl groups excluding tert-OH is 1. The summed E-state index contributed by atoms with van der Waals surface area (Å²) in [5.41, 5.74) is 6.39. The molecule has 35 heavy (non-hydrogen) atoms. The number of carbonyl (C=O) groups is 1. The van der Waals surface area contributed by atoms with Gasteiger partial charge in [0.25, 0.3) is 0 Å². The van der Waals surface area contributed by atoms with Gasteiger partial charge in [-0.05, 0) is 56.5 Å². The number of allylic oxidation sites excluding steroid dienone is 2. The van der Waals surface area contributed by atoms with E-state index in [-0.39, 0.29) is 17.4 Å². The Balaban J connectivity index is 1.81. The van der Waals surface area contributed by atoms with Crippen LogP contribution in [0.5, 0.6) is 0 Å². The molecule has 5 heteroatoms. The van der Waals surface area contributed by atoms with Crippen molar-refractivity contribution in [3.63, 3.8) is 0 Å². The van der Waals surface area contributed by atoms with Crippen LogP contribution in [-0.4, -0.2) is 16.7 Å². The molecule has 176 valence electrons. The van der Waals surface area contributed by atoms with Crippen LogP contribution in [-0.2, 0) is 4.79 Å². The van der Waals surface area contributed by atoms with Crippen molar-refractivity contribution in [3.05, 3.63) is 117 Å². The first-order valence-electron chi connectivity index (χ1n) is 11.8. The molecule has 0 amide bonds. The smallest absolute Gasteiger partial charge is 0.161 e. The lowest BCUT2D eigenvalue weighted by atomic mass is 9.73. The monoisotopic (exact) mass is 482 g/mol. The van der Waals surface area contributed by atoms with Crippen LogP contribution in [0, 0.1) is 19.3 Å². The molecule has 5 rings (SSSR count). The van der Waals surface area contributed by atoms with Gasteiger partial charge in [0.15, 0.2) is 5.78 Å². The van der Waals surface area contributed by atoms with Gasteiger partial charge in [-0.2, -0.15) is 0 Å². The van der Waals surface area contributed by atoms with Crippen molar-refractivity contribution in [1.29, 1.82) is 5.41 Å². The highest BCUT2D eigenvalue weighted by Crippen LogP contribution is 2.48. The summed E-state index contributed by atoms with van der Waals surface area (Å²) in [5, 5.41) is 21.6. The minimum atomic E-state index is -0.518. The van der Waals surface area contributed by atoms with Gasteiger partial charge in [-0.15, -0.1) is 0 Å². The van der Waals surface area contributed by atoms with Crippen LogP contribution in [0.15, 0.2) is 89.6 Å². The van der Waals surface area contributed by atoms with E-state index >= 15 is 0 Å². The van der Waals surface area contributed by atoms with E-state index in [1.807, 2.05) is 79.4 Å². The van der Waals surface area contributed by atoms with E-state index in [0.29, 0.717) is 34.6 Å². The minimum absolute atomic E-state index is 0.0180. The molecule has 0 aromatic heterocycles. The lowest BCUT2D eigenvalue weighted by Gasteiger charge is -2.41. The molecular weight excluding hydrogens is 456 g/mol. The number of Topliss-reactive ketones (excluding diaryl/α,β-unsaturated/α-hetero) is 1. The number of nitrogens with zero attached hydrogens (tertiary/aromatic N) is 1. The molecule has 0 fully saturated rings. The molecule has 0 unspecified atom stereocenters. The second-order valence-electron chi connectivity index (χ2n) is 9.27. The number of hydrogen-bond acceptors (Lipinski definition) is 3. The number of aryl methyl sites for hydroxylation is 2. The fourth-order valence-corrected chi connectivity index (χ4v) is 5.15. The highest BCUT2D eigenvalue weighted by Gasteiger charge is 2.43. The molecule has 3 aromatic rings. The maximum absolute atomic E-state index is 13.5. The Labute approximate surface area is 210 Å². The van der Waals surface area contributed by atoms with E-state index in [9.17, 15) is 15.3 Å². The van der Waals surface area contributed by atoms with Gasteiger partial charge in [-0.3, -0.25) is 15.1 Å². The maximum Gasteiger partial charge on any atom is 0.161 e. The first-order valence-corrected chi connectivity index (χ1v) is 12.2. The lowest BCUT2D eigenvalue weighted by Crippen LogP contribution is -2.42. The molecule has 4 nitrogen and oxygen atoms in total. The molecule has 0 saturated heterocycles. The third-order valence-corrected chi connectivity index (χ3v) is 7.08. The largest absolute Gasteiger partial charge is 0.507 e. The van der Waals surface area contributed by atoms with E-state index in [1.54, 1.807) is 12.1 Å². The highest BCUT2D eigenvalue weighted by molar-refractivity contribution is 6.30. The Hall–Kier alpha value is -3.63. The summed E-state index contributed by atoms with van der Waals surface area (Å²) in [7, 11) is 0. The Bertz CT molecular complexity index is 1370. The average Bonchev–Trinajstić information content (AvgIpc) is 2.85. The Morgan fingerprint density at radius 3 is 2.14 bits per heavy atom. The SMILES string of the molecule is Cc1ccc(/C(O)=C2\C(=N)N(c3ccc(Cl)cc3)C3=C(C(=O)CCC3)[C@H]2c2ccc(C)cc2)cc1. The van der Waals surface area contributed by atoms with Crippen LogP contribution in [0.4, 0.5) is 5.69 Å². The molecule has 0 saturated carbocycles. The van der Waals surface area contributed by atoms with Crippen molar-refractivity contribution in [2.45, 2.75) is 39.0 Å². The van der Waals surface area contributed by atoms with Gasteiger partial charge in [0.1, 0.15) is 11.6 Å². The number of hydrogen-bond donors (Lipinski definition) is 2. The van der Waals surface area contributed by atoms with Gasteiger partial charge < -0.3 is 5.11 Å². The van der Waals surface area contributed by atoms with Gasteiger partial charge in [0.05, 0.1) is 0 Å².